The topological polar surface area (TPSA) is 82.1 Å². The van der Waals surface area contributed by atoms with Gasteiger partial charge in [0.25, 0.3) is 5.56 Å². The first-order chi connectivity index (χ1) is 11.9. The van der Waals surface area contributed by atoms with Crippen LogP contribution in [-0.2, 0) is 20.6 Å². The third-order valence-corrected chi connectivity index (χ3v) is 5.17. The number of nitrogens with zero attached hydrogens (tertiary/aromatic N) is 4. The molecule has 0 aliphatic rings. The summed E-state index contributed by atoms with van der Waals surface area (Å²) in [5.41, 5.74) is 0.995. The van der Waals surface area contributed by atoms with Crippen molar-refractivity contribution in [3.63, 3.8) is 0 Å². The molecule has 0 spiro atoms. The Labute approximate surface area is 148 Å². The van der Waals surface area contributed by atoms with Crippen LogP contribution in [0.4, 0.5) is 0 Å². The second-order valence-electron chi connectivity index (χ2n) is 6.00. The molecule has 0 aliphatic heterocycles. The number of aryl methyl sites for hydroxylation is 1. The van der Waals surface area contributed by atoms with E-state index in [9.17, 15) is 14.7 Å². The zero-order chi connectivity index (χ0) is 18.1. The Balaban J connectivity index is 2.24. The molecule has 0 saturated carbocycles. The molecule has 0 radical (unpaired) electrons. The summed E-state index contributed by atoms with van der Waals surface area (Å²) in [6.45, 7) is 2.17. The van der Waals surface area contributed by atoms with Crippen LogP contribution in [-0.4, -0.2) is 35.6 Å². The van der Waals surface area contributed by atoms with Crippen LogP contribution in [0.5, 0.6) is 0 Å². The Morgan fingerprint density at radius 2 is 1.84 bits per heavy atom. The van der Waals surface area contributed by atoms with Crippen LogP contribution in [0.1, 0.15) is 12.5 Å². The van der Waals surface area contributed by atoms with Crippen LogP contribution in [0.2, 0.25) is 0 Å². The van der Waals surface area contributed by atoms with Gasteiger partial charge in [-0.2, -0.15) is 0 Å². The van der Waals surface area contributed by atoms with Crippen molar-refractivity contribution in [1.82, 2.24) is 18.7 Å². The van der Waals surface area contributed by atoms with Gasteiger partial charge in [0.15, 0.2) is 16.3 Å². The van der Waals surface area contributed by atoms with Crippen molar-refractivity contribution < 1.29 is 5.11 Å². The quantitative estimate of drug-likeness (QED) is 0.685. The first kappa shape index (κ1) is 17.5. The van der Waals surface area contributed by atoms with Crippen molar-refractivity contribution in [3.05, 3.63) is 56.7 Å². The van der Waals surface area contributed by atoms with E-state index in [-0.39, 0.29) is 5.56 Å². The van der Waals surface area contributed by atoms with Gasteiger partial charge in [0.2, 0.25) is 0 Å². The molecule has 0 saturated heterocycles. The average molecular weight is 360 g/mol. The molecule has 132 valence electrons. The van der Waals surface area contributed by atoms with Crippen molar-refractivity contribution in [2.45, 2.75) is 24.7 Å². The SMILES string of the molecule is C[C@@H](O)CSc1nc2c(c(=O)n(C)c(=O)n2C)n1Cc1ccccc1. The summed E-state index contributed by atoms with van der Waals surface area (Å²) in [7, 11) is 3.07. The number of imidazole rings is 1. The highest BCUT2D eigenvalue weighted by Crippen LogP contribution is 2.23. The summed E-state index contributed by atoms with van der Waals surface area (Å²) >= 11 is 1.37. The molecule has 0 aliphatic carbocycles. The summed E-state index contributed by atoms with van der Waals surface area (Å²) in [5.74, 6) is 0.451. The smallest absolute Gasteiger partial charge is 0.332 e. The molecule has 1 aromatic carbocycles. The molecular formula is C17H20N4O3S. The lowest BCUT2D eigenvalue weighted by Crippen LogP contribution is -2.37. The van der Waals surface area contributed by atoms with Crippen LogP contribution in [0.25, 0.3) is 11.2 Å². The Bertz CT molecular complexity index is 1020. The number of aromatic nitrogens is 4. The molecular weight excluding hydrogens is 340 g/mol. The monoisotopic (exact) mass is 360 g/mol. The van der Waals surface area contributed by atoms with Crippen molar-refractivity contribution in [3.8, 4) is 0 Å². The molecule has 0 amide bonds. The number of hydrogen-bond donors (Lipinski definition) is 1. The first-order valence-corrected chi connectivity index (χ1v) is 8.89. The summed E-state index contributed by atoms with van der Waals surface area (Å²) < 4.78 is 4.29. The van der Waals surface area contributed by atoms with Gasteiger partial charge in [-0.15, -0.1) is 0 Å². The van der Waals surface area contributed by atoms with E-state index in [4.69, 9.17) is 0 Å². The molecule has 3 rings (SSSR count). The molecule has 0 bridgehead atoms. The van der Waals surface area contributed by atoms with Gasteiger partial charge in [0.1, 0.15) is 0 Å². The minimum atomic E-state index is -0.498. The van der Waals surface area contributed by atoms with Gasteiger partial charge in [-0.05, 0) is 12.5 Å². The van der Waals surface area contributed by atoms with Crippen LogP contribution in [0.3, 0.4) is 0 Å². The Hall–Kier alpha value is -2.32. The molecule has 25 heavy (non-hydrogen) atoms. The molecule has 2 aromatic heterocycles. The lowest BCUT2D eigenvalue weighted by atomic mass is 10.2. The van der Waals surface area contributed by atoms with Crippen LogP contribution < -0.4 is 11.2 Å². The van der Waals surface area contributed by atoms with E-state index in [0.717, 1.165) is 10.1 Å². The van der Waals surface area contributed by atoms with Crippen molar-refractivity contribution in [2.75, 3.05) is 5.75 Å². The van der Waals surface area contributed by atoms with Gasteiger partial charge in [0, 0.05) is 19.8 Å². The normalized spacial score (nSPS) is 12.6. The van der Waals surface area contributed by atoms with Crippen LogP contribution in [0.15, 0.2) is 45.1 Å². The maximum absolute atomic E-state index is 12.7. The second kappa shape index (κ2) is 6.89. The molecule has 8 heteroatoms. The highest BCUT2D eigenvalue weighted by atomic mass is 32.2. The molecule has 1 atom stereocenters. The largest absolute Gasteiger partial charge is 0.393 e. The summed E-state index contributed by atoms with van der Waals surface area (Å²) in [6, 6.07) is 9.75. The van der Waals surface area contributed by atoms with E-state index in [2.05, 4.69) is 4.98 Å². The molecule has 1 N–H and O–H groups in total. The molecule has 2 heterocycles. The van der Waals surface area contributed by atoms with E-state index in [1.54, 1.807) is 14.0 Å². The van der Waals surface area contributed by atoms with Crippen molar-refractivity contribution in [1.29, 1.82) is 0 Å². The average Bonchev–Trinajstić information content (AvgIpc) is 2.95. The molecule has 0 fully saturated rings. The minimum absolute atomic E-state index is 0.358. The number of aliphatic hydroxyl groups is 1. The van der Waals surface area contributed by atoms with Gasteiger partial charge in [-0.25, -0.2) is 9.78 Å². The third kappa shape index (κ3) is 3.27. The number of hydrogen-bond acceptors (Lipinski definition) is 5. The van der Waals surface area contributed by atoms with Gasteiger partial charge < -0.3 is 9.67 Å². The van der Waals surface area contributed by atoms with E-state index in [1.807, 2.05) is 34.9 Å². The maximum atomic E-state index is 12.7. The number of fused-ring (bicyclic) bond motifs is 1. The van der Waals surface area contributed by atoms with Crippen LogP contribution in [0, 0.1) is 0 Å². The fourth-order valence-corrected chi connectivity index (χ4v) is 3.50. The predicted octanol–water partition coefficient (Wildman–Crippen LogP) is 0.955. The fourth-order valence-electron chi connectivity index (χ4n) is 2.64. The van der Waals surface area contributed by atoms with Gasteiger partial charge in [0.05, 0.1) is 12.6 Å². The van der Waals surface area contributed by atoms with E-state index in [1.165, 1.54) is 23.4 Å². The fraction of sp³-hybridized carbons (Fsp3) is 0.353. The van der Waals surface area contributed by atoms with Crippen LogP contribution >= 0.6 is 11.8 Å². The summed E-state index contributed by atoms with van der Waals surface area (Å²) in [5, 5.41) is 10.2. The highest BCUT2D eigenvalue weighted by Gasteiger charge is 2.19. The maximum Gasteiger partial charge on any atom is 0.332 e. The lowest BCUT2D eigenvalue weighted by Gasteiger charge is -2.10. The van der Waals surface area contributed by atoms with Gasteiger partial charge in [-0.1, -0.05) is 42.1 Å². The van der Waals surface area contributed by atoms with Gasteiger partial charge >= 0.3 is 5.69 Å². The van der Waals surface area contributed by atoms with E-state index >= 15 is 0 Å². The predicted molar refractivity (Wildman–Crippen MR) is 98.2 cm³/mol. The Morgan fingerprint density at radius 1 is 1.16 bits per heavy atom. The first-order valence-electron chi connectivity index (χ1n) is 7.91. The zero-order valence-corrected chi connectivity index (χ0v) is 15.2. The lowest BCUT2D eigenvalue weighted by molar-refractivity contribution is 0.220. The molecule has 0 unspecified atom stereocenters. The van der Waals surface area contributed by atoms with E-state index in [0.29, 0.717) is 28.6 Å². The highest BCUT2D eigenvalue weighted by molar-refractivity contribution is 7.99. The third-order valence-electron chi connectivity index (χ3n) is 3.95. The van der Waals surface area contributed by atoms with Crippen molar-refractivity contribution >= 4 is 22.9 Å². The van der Waals surface area contributed by atoms with Crippen molar-refractivity contribution in [2.24, 2.45) is 14.1 Å². The Kier molecular flexibility index (Phi) is 4.82. The van der Waals surface area contributed by atoms with Gasteiger partial charge in [-0.3, -0.25) is 13.9 Å². The minimum Gasteiger partial charge on any atom is -0.393 e. The summed E-state index contributed by atoms with van der Waals surface area (Å²) in [6.07, 6.45) is -0.498. The number of rotatable bonds is 5. The zero-order valence-electron chi connectivity index (χ0n) is 14.3. The summed E-state index contributed by atoms with van der Waals surface area (Å²) in [4.78, 5) is 29.4. The molecule has 7 nitrogen and oxygen atoms in total. The Morgan fingerprint density at radius 3 is 2.48 bits per heavy atom. The number of aliphatic hydroxyl groups excluding tert-OH is 1. The number of benzene rings is 1. The standard InChI is InChI=1S/C17H20N4O3S/c1-11(22)10-25-16-18-14-13(15(23)20(3)17(24)19(14)2)21(16)9-12-7-5-4-6-8-12/h4-8,11,22H,9-10H2,1-3H3/t11-/m1/s1. The second-order valence-corrected chi connectivity index (χ2v) is 6.99. The number of thioether (sulfide) groups is 1. The molecule has 3 aromatic rings. The van der Waals surface area contributed by atoms with E-state index < -0.39 is 11.8 Å².